The fourth-order valence-corrected chi connectivity index (χ4v) is 4.04. The number of rotatable bonds is 6. The highest BCUT2D eigenvalue weighted by Gasteiger charge is 2.44. The molecular formula is C16H34N2. The summed E-state index contributed by atoms with van der Waals surface area (Å²) in [6.45, 7) is 14.9. The maximum Gasteiger partial charge on any atom is 0.0362 e. The van der Waals surface area contributed by atoms with Crippen LogP contribution in [0.2, 0.25) is 0 Å². The van der Waals surface area contributed by atoms with E-state index >= 15 is 0 Å². The van der Waals surface area contributed by atoms with Crippen molar-refractivity contribution < 1.29 is 0 Å². The minimum Gasteiger partial charge on any atom is -0.329 e. The highest BCUT2D eigenvalue weighted by atomic mass is 15.2. The van der Waals surface area contributed by atoms with Crippen molar-refractivity contribution >= 4 is 0 Å². The van der Waals surface area contributed by atoms with E-state index in [1.807, 2.05) is 0 Å². The van der Waals surface area contributed by atoms with Crippen LogP contribution in [0, 0.1) is 17.8 Å². The first-order valence-corrected chi connectivity index (χ1v) is 7.93. The minimum atomic E-state index is 0.269. The van der Waals surface area contributed by atoms with Gasteiger partial charge in [-0.05, 0) is 37.1 Å². The zero-order valence-electron chi connectivity index (χ0n) is 13.2. The van der Waals surface area contributed by atoms with Crippen LogP contribution in [-0.4, -0.2) is 30.1 Å². The van der Waals surface area contributed by atoms with E-state index in [0.717, 1.165) is 30.8 Å². The highest BCUT2D eigenvalue weighted by Crippen LogP contribution is 2.42. The molecule has 2 nitrogen and oxygen atoms in total. The van der Waals surface area contributed by atoms with E-state index in [4.69, 9.17) is 5.73 Å². The highest BCUT2D eigenvalue weighted by molar-refractivity contribution is 5.00. The molecule has 0 amide bonds. The van der Waals surface area contributed by atoms with E-state index in [1.165, 1.54) is 32.2 Å². The van der Waals surface area contributed by atoms with Crippen LogP contribution in [-0.2, 0) is 0 Å². The van der Waals surface area contributed by atoms with E-state index in [0.29, 0.717) is 0 Å². The molecule has 0 bridgehead atoms. The molecule has 0 radical (unpaired) electrons. The molecule has 2 unspecified atom stereocenters. The van der Waals surface area contributed by atoms with Crippen LogP contribution in [0.4, 0.5) is 0 Å². The van der Waals surface area contributed by atoms with E-state index in [1.54, 1.807) is 0 Å². The number of nitrogens with two attached hydrogens (primary N) is 1. The zero-order chi connectivity index (χ0) is 13.8. The van der Waals surface area contributed by atoms with Crippen molar-refractivity contribution in [1.82, 2.24) is 4.90 Å². The van der Waals surface area contributed by atoms with Crippen LogP contribution in [0.3, 0.4) is 0 Å². The van der Waals surface area contributed by atoms with Gasteiger partial charge in [0.25, 0.3) is 0 Å². The third-order valence-electron chi connectivity index (χ3n) is 4.82. The molecular weight excluding hydrogens is 220 g/mol. The topological polar surface area (TPSA) is 29.3 Å². The monoisotopic (exact) mass is 254 g/mol. The summed E-state index contributed by atoms with van der Waals surface area (Å²) in [6, 6.07) is 0. The average Bonchev–Trinajstić information content (AvgIpc) is 2.35. The van der Waals surface area contributed by atoms with Crippen molar-refractivity contribution in [3.8, 4) is 0 Å². The second-order valence-corrected chi connectivity index (χ2v) is 6.84. The van der Waals surface area contributed by atoms with Crippen LogP contribution in [0.15, 0.2) is 0 Å². The standard InChI is InChI=1S/C16H34N2/c1-6-18(11-13(2)3)16(12-17)10-8-7-9-15(16)14(4)5/h13-15H,6-12,17H2,1-5H3. The van der Waals surface area contributed by atoms with Gasteiger partial charge in [-0.1, -0.05) is 47.5 Å². The molecule has 1 fully saturated rings. The lowest BCUT2D eigenvalue weighted by Gasteiger charge is -2.53. The quantitative estimate of drug-likeness (QED) is 0.786. The van der Waals surface area contributed by atoms with Crippen molar-refractivity contribution in [2.45, 2.75) is 65.8 Å². The van der Waals surface area contributed by atoms with Gasteiger partial charge >= 0.3 is 0 Å². The van der Waals surface area contributed by atoms with Gasteiger partial charge in [-0.25, -0.2) is 0 Å². The van der Waals surface area contributed by atoms with Gasteiger partial charge in [0.15, 0.2) is 0 Å². The molecule has 1 rings (SSSR count). The van der Waals surface area contributed by atoms with Crippen molar-refractivity contribution in [3.63, 3.8) is 0 Å². The fourth-order valence-electron chi connectivity index (χ4n) is 4.04. The van der Waals surface area contributed by atoms with Gasteiger partial charge < -0.3 is 5.73 Å². The maximum absolute atomic E-state index is 6.28. The average molecular weight is 254 g/mol. The predicted octanol–water partition coefficient (Wildman–Crippen LogP) is 3.51. The predicted molar refractivity (Wildman–Crippen MR) is 80.7 cm³/mol. The first kappa shape index (κ1) is 16.0. The third kappa shape index (κ3) is 3.27. The molecule has 108 valence electrons. The summed E-state index contributed by atoms with van der Waals surface area (Å²) in [5, 5.41) is 0. The molecule has 2 heteroatoms. The maximum atomic E-state index is 6.28. The Balaban J connectivity index is 2.97. The summed E-state index contributed by atoms with van der Waals surface area (Å²) in [7, 11) is 0. The Bertz CT molecular complexity index is 237. The van der Waals surface area contributed by atoms with Crippen LogP contribution in [0.1, 0.15) is 60.3 Å². The summed E-state index contributed by atoms with van der Waals surface area (Å²) in [6.07, 6.45) is 5.41. The first-order valence-electron chi connectivity index (χ1n) is 7.93. The third-order valence-corrected chi connectivity index (χ3v) is 4.82. The van der Waals surface area contributed by atoms with E-state index in [9.17, 15) is 0 Å². The molecule has 0 aromatic heterocycles. The van der Waals surface area contributed by atoms with Crippen molar-refractivity contribution in [2.75, 3.05) is 19.6 Å². The van der Waals surface area contributed by atoms with Crippen molar-refractivity contribution in [2.24, 2.45) is 23.5 Å². The fraction of sp³-hybridized carbons (Fsp3) is 1.00. The number of likely N-dealkylation sites (N-methyl/N-ethyl adjacent to an activating group) is 1. The minimum absolute atomic E-state index is 0.269. The SMILES string of the molecule is CCN(CC(C)C)C1(CN)CCCCC1C(C)C. The lowest BCUT2D eigenvalue weighted by Crippen LogP contribution is -2.61. The van der Waals surface area contributed by atoms with Gasteiger partial charge in [0.1, 0.15) is 0 Å². The van der Waals surface area contributed by atoms with Crippen LogP contribution >= 0.6 is 0 Å². The zero-order valence-corrected chi connectivity index (χ0v) is 13.2. The van der Waals surface area contributed by atoms with Crippen LogP contribution in [0.25, 0.3) is 0 Å². The second-order valence-electron chi connectivity index (χ2n) is 6.84. The number of nitrogens with zero attached hydrogens (tertiary/aromatic N) is 1. The summed E-state index contributed by atoms with van der Waals surface area (Å²) < 4.78 is 0. The Labute approximate surface area is 114 Å². The van der Waals surface area contributed by atoms with Gasteiger partial charge in [0, 0.05) is 18.6 Å². The molecule has 0 heterocycles. The largest absolute Gasteiger partial charge is 0.329 e. The van der Waals surface area contributed by atoms with Gasteiger partial charge in [-0.2, -0.15) is 0 Å². The Morgan fingerprint density at radius 3 is 2.33 bits per heavy atom. The van der Waals surface area contributed by atoms with Gasteiger partial charge in [-0.15, -0.1) is 0 Å². The van der Waals surface area contributed by atoms with E-state index in [2.05, 4.69) is 39.5 Å². The summed E-state index contributed by atoms with van der Waals surface area (Å²) in [5.41, 5.74) is 6.55. The molecule has 1 aliphatic carbocycles. The first-order chi connectivity index (χ1) is 8.47. The molecule has 1 aliphatic rings. The number of hydrogen-bond donors (Lipinski definition) is 1. The smallest absolute Gasteiger partial charge is 0.0362 e. The Morgan fingerprint density at radius 1 is 1.22 bits per heavy atom. The van der Waals surface area contributed by atoms with Gasteiger partial charge in [0.05, 0.1) is 0 Å². The molecule has 0 aromatic rings. The molecule has 0 saturated heterocycles. The summed E-state index contributed by atoms with van der Waals surface area (Å²) in [4.78, 5) is 2.70. The lowest BCUT2D eigenvalue weighted by atomic mass is 9.66. The van der Waals surface area contributed by atoms with Crippen molar-refractivity contribution in [3.05, 3.63) is 0 Å². The van der Waals surface area contributed by atoms with Crippen LogP contribution in [0.5, 0.6) is 0 Å². The summed E-state index contributed by atoms with van der Waals surface area (Å²) in [5.74, 6) is 2.24. The Hall–Kier alpha value is -0.0800. The van der Waals surface area contributed by atoms with Crippen molar-refractivity contribution in [1.29, 1.82) is 0 Å². The molecule has 0 spiro atoms. The van der Waals surface area contributed by atoms with E-state index < -0.39 is 0 Å². The van der Waals surface area contributed by atoms with Gasteiger partial charge in [-0.3, -0.25) is 4.90 Å². The molecule has 1 saturated carbocycles. The van der Waals surface area contributed by atoms with E-state index in [-0.39, 0.29) is 5.54 Å². The molecule has 0 aliphatic heterocycles. The summed E-state index contributed by atoms with van der Waals surface area (Å²) >= 11 is 0. The molecule has 2 atom stereocenters. The Morgan fingerprint density at radius 2 is 1.89 bits per heavy atom. The second kappa shape index (κ2) is 6.91. The van der Waals surface area contributed by atoms with Gasteiger partial charge in [0.2, 0.25) is 0 Å². The molecule has 18 heavy (non-hydrogen) atoms. The lowest BCUT2D eigenvalue weighted by molar-refractivity contribution is -0.0172. The Kier molecular flexibility index (Phi) is 6.13. The molecule has 0 aromatic carbocycles. The number of hydrogen-bond acceptors (Lipinski definition) is 2. The van der Waals surface area contributed by atoms with Crippen LogP contribution < -0.4 is 5.73 Å². The molecule has 2 N–H and O–H groups in total. The normalized spacial score (nSPS) is 29.5.